The number of benzene rings is 1. The van der Waals surface area contributed by atoms with E-state index in [4.69, 9.17) is 14.2 Å². The smallest absolute Gasteiger partial charge is 0.324 e. The van der Waals surface area contributed by atoms with E-state index >= 15 is 0 Å². The van der Waals surface area contributed by atoms with Crippen LogP contribution in [0.15, 0.2) is 24.3 Å². The highest BCUT2D eigenvalue weighted by atomic mass is 16.5. The molecule has 0 aromatic heterocycles. The van der Waals surface area contributed by atoms with Gasteiger partial charge in [0.2, 0.25) is 0 Å². The molecule has 2 heterocycles. The number of carbonyl (C=O) groups excluding carboxylic acids is 2. The number of para-hydroxylation sites is 1. The zero-order valence-corrected chi connectivity index (χ0v) is 14.2. The van der Waals surface area contributed by atoms with E-state index in [1.165, 1.54) is 7.11 Å². The molecule has 1 aromatic rings. The number of methoxy groups -OCH3 is 1. The van der Waals surface area contributed by atoms with E-state index in [0.29, 0.717) is 13.2 Å². The molecular formula is C18H23NO5. The molecule has 3 rings (SSSR count). The summed E-state index contributed by atoms with van der Waals surface area (Å²) >= 11 is 0. The first-order chi connectivity index (χ1) is 11.6. The molecule has 0 unspecified atom stereocenters. The molecule has 0 N–H and O–H groups in total. The Balaban J connectivity index is 2.06. The lowest BCUT2D eigenvalue weighted by Crippen LogP contribution is -2.44. The van der Waals surface area contributed by atoms with Crippen LogP contribution in [-0.2, 0) is 19.1 Å². The number of esters is 2. The van der Waals surface area contributed by atoms with Crippen LogP contribution in [0.2, 0.25) is 0 Å². The Morgan fingerprint density at radius 2 is 2.00 bits per heavy atom. The molecule has 1 saturated heterocycles. The van der Waals surface area contributed by atoms with Gasteiger partial charge in [-0.2, -0.15) is 0 Å². The summed E-state index contributed by atoms with van der Waals surface area (Å²) in [4.78, 5) is 27.1. The topological polar surface area (TPSA) is 65.1 Å². The van der Waals surface area contributed by atoms with Gasteiger partial charge < -0.3 is 14.2 Å². The Bertz CT molecular complexity index is 632. The zero-order valence-electron chi connectivity index (χ0n) is 14.2. The molecule has 0 spiro atoms. The van der Waals surface area contributed by atoms with Gasteiger partial charge in [-0.25, -0.2) is 0 Å². The van der Waals surface area contributed by atoms with Gasteiger partial charge in [-0.05, 0) is 19.5 Å². The SMILES string of the molecule is CCOC(=O)[C@@H]1[C@H](C(=O)OC)[C@H]2COc3ccccc3[C@H]2N1CC. The van der Waals surface area contributed by atoms with Gasteiger partial charge in [0.1, 0.15) is 11.8 Å². The van der Waals surface area contributed by atoms with Crippen molar-refractivity contribution in [1.82, 2.24) is 4.90 Å². The molecule has 24 heavy (non-hydrogen) atoms. The first-order valence-corrected chi connectivity index (χ1v) is 8.35. The van der Waals surface area contributed by atoms with E-state index in [2.05, 4.69) is 0 Å². The molecule has 0 saturated carbocycles. The second-order valence-corrected chi connectivity index (χ2v) is 6.03. The van der Waals surface area contributed by atoms with Crippen molar-refractivity contribution in [1.29, 1.82) is 0 Å². The van der Waals surface area contributed by atoms with Crippen molar-refractivity contribution in [3.8, 4) is 5.75 Å². The summed E-state index contributed by atoms with van der Waals surface area (Å²) in [5.41, 5.74) is 1.01. The average Bonchev–Trinajstić information content (AvgIpc) is 2.96. The maximum absolute atomic E-state index is 12.6. The molecule has 1 fully saturated rings. The van der Waals surface area contributed by atoms with Crippen LogP contribution in [0.4, 0.5) is 0 Å². The van der Waals surface area contributed by atoms with Crippen LogP contribution in [0.3, 0.4) is 0 Å². The molecule has 0 aliphatic carbocycles. The number of nitrogens with zero attached hydrogens (tertiary/aromatic N) is 1. The Kier molecular flexibility index (Phi) is 4.76. The molecule has 0 bridgehead atoms. The van der Waals surface area contributed by atoms with Crippen LogP contribution in [0.25, 0.3) is 0 Å². The molecule has 2 aliphatic rings. The fourth-order valence-electron chi connectivity index (χ4n) is 4.05. The number of hydrogen-bond donors (Lipinski definition) is 0. The van der Waals surface area contributed by atoms with Crippen LogP contribution < -0.4 is 4.74 Å². The molecule has 6 heteroatoms. The maximum Gasteiger partial charge on any atom is 0.324 e. The molecule has 0 amide bonds. The lowest BCUT2D eigenvalue weighted by Gasteiger charge is -2.34. The highest BCUT2D eigenvalue weighted by Gasteiger charge is 2.58. The fraction of sp³-hybridized carbons (Fsp3) is 0.556. The highest BCUT2D eigenvalue weighted by Crippen LogP contribution is 2.50. The van der Waals surface area contributed by atoms with Crippen LogP contribution in [0.5, 0.6) is 5.75 Å². The predicted octanol–water partition coefficient (Wildman–Crippen LogP) is 1.79. The maximum atomic E-state index is 12.6. The van der Waals surface area contributed by atoms with Gasteiger partial charge in [-0.1, -0.05) is 25.1 Å². The lowest BCUT2D eigenvalue weighted by atomic mass is 9.83. The van der Waals surface area contributed by atoms with E-state index in [1.54, 1.807) is 6.92 Å². The number of fused-ring (bicyclic) bond motifs is 3. The van der Waals surface area contributed by atoms with Crippen LogP contribution in [-0.4, -0.2) is 49.7 Å². The largest absolute Gasteiger partial charge is 0.493 e. The number of ether oxygens (including phenoxy) is 3. The normalized spacial score (nSPS) is 28.5. The van der Waals surface area contributed by atoms with Gasteiger partial charge in [0.15, 0.2) is 0 Å². The van der Waals surface area contributed by atoms with Gasteiger partial charge >= 0.3 is 11.9 Å². The number of likely N-dealkylation sites (N-methyl/N-ethyl adjacent to an activating group) is 1. The summed E-state index contributed by atoms with van der Waals surface area (Å²) < 4.78 is 16.1. The Morgan fingerprint density at radius 1 is 1.25 bits per heavy atom. The Labute approximate surface area is 141 Å². The number of hydrogen-bond acceptors (Lipinski definition) is 6. The first kappa shape index (κ1) is 16.8. The van der Waals surface area contributed by atoms with Gasteiger partial charge in [0, 0.05) is 17.5 Å². The van der Waals surface area contributed by atoms with Crippen molar-refractivity contribution in [3.05, 3.63) is 29.8 Å². The molecule has 2 aliphatic heterocycles. The van der Waals surface area contributed by atoms with Crippen molar-refractivity contribution < 1.29 is 23.8 Å². The van der Waals surface area contributed by atoms with Crippen molar-refractivity contribution in [2.45, 2.75) is 25.9 Å². The first-order valence-electron chi connectivity index (χ1n) is 8.35. The molecule has 1 aromatic carbocycles. The third kappa shape index (κ3) is 2.55. The van der Waals surface area contributed by atoms with Crippen LogP contribution >= 0.6 is 0 Å². The van der Waals surface area contributed by atoms with E-state index in [1.807, 2.05) is 36.1 Å². The number of carbonyl (C=O) groups is 2. The van der Waals surface area contributed by atoms with Crippen molar-refractivity contribution in [2.24, 2.45) is 11.8 Å². The van der Waals surface area contributed by atoms with Crippen molar-refractivity contribution in [3.63, 3.8) is 0 Å². The summed E-state index contributed by atoms with van der Waals surface area (Å²) in [5, 5.41) is 0. The summed E-state index contributed by atoms with van der Waals surface area (Å²) in [6.45, 7) is 5.05. The second-order valence-electron chi connectivity index (χ2n) is 6.03. The standard InChI is InChI=1S/C18H23NO5/c1-4-19-15-11-8-6-7-9-13(11)24-10-12(15)14(17(20)22-3)16(19)18(21)23-5-2/h6-9,12,14-16H,4-5,10H2,1-3H3/t12-,14-,15-,16+/m1/s1. The van der Waals surface area contributed by atoms with Gasteiger partial charge in [-0.15, -0.1) is 0 Å². The molecule has 0 radical (unpaired) electrons. The minimum atomic E-state index is -0.646. The third-order valence-electron chi connectivity index (χ3n) is 4.96. The summed E-state index contributed by atoms with van der Waals surface area (Å²) in [6, 6.07) is 7.08. The van der Waals surface area contributed by atoms with Crippen molar-refractivity contribution in [2.75, 3.05) is 26.9 Å². The lowest BCUT2D eigenvalue weighted by molar-refractivity contribution is -0.158. The highest BCUT2D eigenvalue weighted by molar-refractivity contribution is 5.86. The van der Waals surface area contributed by atoms with Crippen LogP contribution in [0, 0.1) is 11.8 Å². The minimum Gasteiger partial charge on any atom is -0.493 e. The average molecular weight is 333 g/mol. The zero-order chi connectivity index (χ0) is 17.3. The summed E-state index contributed by atoms with van der Waals surface area (Å²) in [6.07, 6.45) is 0. The van der Waals surface area contributed by atoms with E-state index in [9.17, 15) is 9.59 Å². The fourth-order valence-corrected chi connectivity index (χ4v) is 4.05. The number of likely N-dealkylation sites (tertiary alicyclic amines) is 1. The molecule has 6 nitrogen and oxygen atoms in total. The third-order valence-corrected chi connectivity index (χ3v) is 4.96. The molecule has 130 valence electrons. The monoisotopic (exact) mass is 333 g/mol. The second kappa shape index (κ2) is 6.81. The van der Waals surface area contributed by atoms with Gasteiger partial charge in [-0.3, -0.25) is 14.5 Å². The van der Waals surface area contributed by atoms with Crippen molar-refractivity contribution >= 4 is 11.9 Å². The Morgan fingerprint density at radius 3 is 2.67 bits per heavy atom. The van der Waals surface area contributed by atoms with Gasteiger partial charge in [0.05, 0.1) is 26.2 Å². The van der Waals surface area contributed by atoms with E-state index in [-0.39, 0.29) is 30.5 Å². The quantitative estimate of drug-likeness (QED) is 0.783. The minimum absolute atomic E-state index is 0.0570. The van der Waals surface area contributed by atoms with E-state index < -0.39 is 12.0 Å². The Hall–Kier alpha value is -2.08. The van der Waals surface area contributed by atoms with Gasteiger partial charge in [0.25, 0.3) is 0 Å². The molecule has 4 atom stereocenters. The summed E-state index contributed by atoms with van der Waals surface area (Å²) in [5.74, 6) is -0.678. The van der Waals surface area contributed by atoms with E-state index in [0.717, 1.165) is 11.3 Å². The summed E-state index contributed by atoms with van der Waals surface area (Å²) in [7, 11) is 1.35. The predicted molar refractivity (Wildman–Crippen MR) is 86.5 cm³/mol. The molecular weight excluding hydrogens is 310 g/mol. The number of rotatable bonds is 4. The van der Waals surface area contributed by atoms with Crippen LogP contribution in [0.1, 0.15) is 25.5 Å².